The van der Waals surface area contributed by atoms with E-state index in [9.17, 15) is 8.78 Å². The van der Waals surface area contributed by atoms with Crippen LogP contribution in [0.3, 0.4) is 0 Å². The first-order valence-corrected chi connectivity index (χ1v) is 5.72. The van der Waals surface area contributed by atoms with Crippen LogP contribution in [0.15, 0.2) is 40.4 Å². The van der Waals surface area contributed by atoms with Crippen LogP contribution >= 0.6 is 11.8 Å². The quantitative estimate of drug-likeness (QED) is 0.890. The maximum absolute atomic E-state index is 13.0. The molecule has 0 saturated carbocycles. The van der Waals surface area contributed by atoms with Gasteiger partial charge in [-0.2, -0.15) is 0 Å². The number of hydrogen-bond acceptors (Lipinski definition) is 3. The fourth-order valence-electron chi connectivity index (χ4n) is 1.30. The molecular formula is C12H10F2N2S. The molecular weight excluding hydrogens is 242 g/mol. The summed E-state index contributed by atoms with van der Waals surface area (Å²) in [5.41, 5.74) is 7.12. The summed E-state index contributed by atoms with van der Waals surface area (Å²) in [6.07, 6.45) is 1.54. The number of benzene rings is 1. The third kappa shape index (κ3) is 2.94. The Morgan fingerprint density at radius 2 is 1.76 bits per heavy atom. The summed E-state index contributed by atoms with van der Waals surface area (Å²) in [7, 11) is 0. The van der Waals surface area contributed by atoms with Crippen LogP contribution < -0.4 is 5.73 Å². The molecule has 1 aromatic heterocycles. The van der Waals surface area contributed by atoms with E-state index >= 15 is 0 Å². The van der Waals surface area contributed by atoms with Crippen LogP contribution in [0, 0.1) is 18.6 Å². The maximum Gasteiger partial charge on any atom is 0.127 e. The van der Waals surface area contributed by atoms with E-state index in [0.29, 0.717) is 15.6 Å². The molecule has 0 saturated heterocycles. The van der Waals surface area contributed by atoms with Crippen LogP contribution in [0.4, 0.5) is 14.5 Å². The van der Waals surface area contributed by atoms with E-state index in [-0.39, 0.29) is 0 Å². The van der Waals surface area contributed by atoms with Gasteiger partial charge in [-0.25, -0.2) is 13.8 Å². The Balaban J connectivity index is 2.28. The summed E-state index contributed by atoms with van der Waals surface area (Å²) in [6, 6.07) is 5.15. The van der Waals surface area contributed by atoms with Gasteiger partial charge in [0.1, 0.15) is 16.7 Å². The molecule has 0 aliphatic rings. The zero-order valence-corrected chi connectivity index (χ0v) is 9.89. The number of nitrogens with zero attached hydrogens (tertiary/aromatic N) is 1. The molecule has 17 heavy (non-hydrogen) atoms. The van der Waals surface area contributed by atoms with Gasteiger partial charge in [0.25, 0.3) is 0 Å². The van der Waals surface area contributed by atoms with E-state index < -0.39 is 11.6 Å². The standard InChI is InChI=1S/C12H10F2N2S/c1-7-2-12(16-6-11(7)15)17-10-4-8(13)3-9(14)5-10/h2-6H,15H2,1H3. The molecule has 5 heteroatoms. The number of aromatic nitrogens is 1. The van der Waals surface area contributed by atoms with Crippen molar-refractivity contribution in [3.63, 3.8) is 0 Å². The Hall–Kier alpha value is -1.62. The van der Waals surface area contributed by atoms with Gasteiger partial charge in [0.2, 0.25) is 0 Å². The van der Waals surface area contributed by atoms with Crippen molar-refractivity contribution in [3.8, 4) is 0 Å². The average molecular weight is 252 g/mol. The second-order valence-corrected chi connectivity index (χ2v) is 4.68. The van der Waals surface area contributed by atoms with Crippen molar-refractivity contribution in [1.82, 2.24) is 4.98 Å². The molecule has 0 radical (unpaired) electrons. The first-order valence-electron chi connectivity index (χ1n) is 4.90. The van der Waals surface area contributed by atoms with E-state index in [1.54, 1.807) is 6.07 Å². The molecule has 0 aliphatic heterocycles. The Morgan fingerprint density at radius 1 is 1.12 bits per heavy atom. The minimum atomic E-state index is -0.598. The molecule has 2 nitrogen and oxygen atoms in total. The minimum absolute atomic E-state index is 0.471. The first kappa shape index (κ1) is 11.9. The molecule has 0 unspecified atom stereocenters. The maximum atomic E-state index is 13.0. The molecule has 0 fully saturated rings. The van der Waals surface area contributed by atoms with Crippen molar-refractivity contribution in [2.45, 2.75) is 16.8 Å². The lowest BCUT2D eigenvalue weighted by atomic mass is 10.3. The molecule has 0 bridgehead atoms. The third-order valence-corrected chi connectivity index (χ3v) is 3.09. The zero-order valence-electron chi connectivity index (χ0n) is 9.08. The fraction of sp³-hybridized carbons (Fsp3) is 0.0833. The Labute approximate surface area is 102 Å². The number of nitrogens with two attached hydrogens (primary N) is 1. The fourth-order valence-corrected chi connectivity index (χ4v) is 2.23. The normalized spacial score (nSPS) is 10.5. The van der Waals surface area contributed by atoms with Crippen molar-refractivity contribution < 1.29 is 8.78 Å². The van der Waals surface area contributed by atoms with E-state index in [1.807, 2.05) is 6.92 Å². The lowest BCUT2D eigenvalue weighted by Crippen LogP contribution is -1.92. The lowest BCUT2D eigenvalue weighted by Gasteiger charge is -2.04. The van der Waals surface area contributed by atoms with Gasteiger partial charge in [-0.05, 0) is 30.7 Å². The largest absolute Gasteiger partial charge is 0.397 e. The van der Waals surface area contributed by atoms with E-state index in [0.717, 1.165) is 11.6 Å². The zero-order chi connectivity index (χ0) is 12.4. The summed E-state index contributed by atoms with van der Waals surface area (Å²) in [5, 5.41) is 0.654. The smallest absolute Gasteiger partial charge is 0.127 e. The number of aryl methyl sites for hydroxylation is 1. The van der Waals surface area contributed by atoms with Gasteiger partial charge in [-0.1, -0.05) is 11.8 Å². The number of nitrogen functional groups attached to an aromatic ring is 1. The predicted molar refractivity (Wildman–Crippen MR) is 63.9 cm³/mol. The Bertz CT molecular complexity index is 538. The van der Waals surface area contributed by atoms with Gasteiger partial charge in [0.15, 0.2) is 0 Å². The van der Waals surface area contributed by atoms with Crippen molar-refractivity contribution in [1.29, 1.82) is 0 Å². The molecule has 0 aliphatic carbocycles. The third-order valence-electron chi connectivity index (χ3n) is 2.18. The van der Waals surface area contributed by atoms with Crippen LogP contribution in [0.5, 0.6) is 0 Å². The molecule has 2 rings (SSSR count). The Morgan fingerprint density at radius 3 is 2.35 bits per heavy atom. The van der Waals surface area contributed by atoms with Gasteiger partial charge >= 0.3 is 0 Å². The summed E-state index contributed by atoms with van der Waals surface area (Å²) in [5.74, 6) is -1.20. The summed E-state index contributed by atoms with van der Waals surface area (Å²) in [4.78, 5) is 4.56. The SMILES string of the molecule is Cc1cc(Sc2cc(F)cc(F)c2)ncc1N. The van der Waals surface area contributed by atoms with Crippen LogP contribution in [-0.4, -0.2) is 4.98 Å². The van der Waals surface area contributed by atoms with Gasteiger partial charge in [-0.15, -0.1) is 0 Å². The first-order chi connectivity index (χ1) is 8.04. The highest BCUT2D eigenvalue weighted by Gasteiger charge is 2.05. The minimum Gasteiger partial charge on any atom is -0.397 e. The number of pyridine rings is 1. The highest BCUT2D eigenvalue weighted by Crippen LogP contribution is 2.28. The van der Waals surface area contributed by atoms with Gasteiger partial charge < -0.3 is 5.73 Å². The second kappa shape index (κ2) is 4.71. The lowest BCUT2D eigenvalue weighted by molar-refractivity contribution is 0.577. The number of halogens is 2. The van der Waals surface area contributed by atoms with Crippen LogP contribution in [0.2, 0.25) is 0 Å². The molecule has 0 amide bonds. The van der Waals surface area contributed by atoms with E-state index in [4.69, 9.17) is 5.73 Å². The summed E-state index contributed by atoms with van der Waals surface area (Å²) in [6.45, 7) is 1.85. The number of anilines is 1. The van der Waals surface area contributed by atoms with Crippen molar-refractivity contribution in [2.75, 3.05) is 5.73 Å². The molecule has 1 aromatic carbocycles. The van der Waals surface area contributed by atoms with Crippen molar-refractivity contribution in [3.05, 3.63) is 47.7 Å². The number of rotatable bonds is 2. The molecule has 1 heterocycles. The highest BCUT2D eigenvalue weighted by molar-refractivity contribution is 7.99. The summed E-state index contributed by atoms with van der Waals surface area (Å²) < 4.78 is 26.0. The van der Waals surface area contributed by atoms with Crippen LogP contribution in [0.25, 0.3) is 0 Å². The Kier molecular flexibility index (Phi) is 3.28. The summed E-state index contributed by atoms with van der Waals surface area (Å²) >= 11 is 1.19. The molecule has 88 valence electrons. The molecule has 0 atom stereocenters. The topological polar surface area (TPSA) is 38.9 Å². The predicted octanol–water partition coefficient (Wildman–Crippen LogP) is 3.40. The monoisotopic (exact) mass is 252 g/mol. The van der Waals surface area contributed by atoms with Crippen molar-refractivity contribution in [2.24, 2.45) is 0 Å². The average Bonchev–Trinajstić information content (AvgIpc) is 2.22. The molecule has 2 N–H and O–H groups in total. The molecule has 0 spiro atoms. The number of hydrogen-bond donors (Lipinski definition) is 1. The van der Waals surface area contributed by atoms with Crippen LogP contribution in [0.1, 0.15) is 5.56 Å². The van der Waals surface area contributed by atoms with Crippen molar-refractivity contribution >= 4 is 17.4 Å². The van der Waals surface area contributed by atoms with Gasteiger partial charge in [0, 0.05) is 11.0 Å². The van der Waals surface area contributed by atoms with Gasteiger partial charge in [-0.3, -0.25) is 0 Å². The van der Waals surface area contributed by atoms with E-state index in [2.05, 4.69) is 4.98 Å². The van der Waals surface area contributed by atoms with Crippen LogP contribution in [-0.2, 0) is 0 Å². The second-order valence-electron chi connectivity index (χ2n) is 3.59. The highest BCUT2D eigenvalue weighted by atomic mass is 32.2. The van der Waals surface area contributed by atoms with E-state index in [1.165, 1.54) is 30.1 Å². The van der Waals surface area contributed by atoms with Gasteiger partial charge in [0.05, 0.1) is 11.9 Å². The molecule has 2 aromatic rings.